The van der Waals surface area contributed by atoms with Crippen molar-refractivity contribution in [1.29, 1.82) is 5.26 Å². The first-order valence-electron chi connectivity index (χ1n) is 6.97. The highest BCUT2D eigenvalue weighted by Gasteiger charge is 2.53. The van der Waals surface area contributed by atoms with Crippen molar-refractivity contribution in [3.8, 4) is 29.1 Å². The maximum absolute atomic E-state index is 13.6. The van der Waals surface area contributed by atoms with Crippen LogP contribution in [0.5, 0.6) is 23.0 Å². The molecule has 0 aromatic heterocycles. The molecule has 0 atom stereocenters. The summed E-state index contributed by atoms with van der Waals surface area (Å²) < 4.78 is 72.8. The van der Waals surface area contributed by atoms with E-state index in [-0.39, 0.29) is 5.56 Å². The summed E-state index contributed by atoms with van der Waals surface area (Å²) in [5.41, 5.74) is -2.83. The highest BCUT2D eigenvalue weighted by molar-refractivity contribution is 8.01. The number of nitriles is 1. The van der Waals surface area contributed by atoms with Crippen LogP contribution in [-0.2, 0) is 0 Å². The van der Waals surface area contributed by atoms with E-state index in [0.29, 0.717) is 6.07 Å². The number of fused-ring (bicyclic) bond motifs is 1. The van der Waals surface area contributed by atoms with Crippen LogP contribution in [0.2, 0.25) is 0 Å². The SMILES string of the molecule is N#Cc1cc(F)cc(Oc2c(O)c(O)c3c(c2C(F)F)C(=O)C(F)(F)S3)c1. The second kappa shape index (κ2) is 6.31. The lowest BCUT2D eigenvalue weighted by Gasteiger charge is -2.16. The maximum atomic E-state index is 13.6. The lowest BCUT2D eigenvalue weighted by molar-refractivity contribution is 0.0573. The van der Waals surface area contributed by atoms with E-state index >= 15 is 0 Å². The molecule has 5 nitrogen and oxygen atoms in total. The fraction of sp³-hybridized carbons (Fsp3) is 0.125. The number of benzene rings is 2. The minimum Gasteiger partial charge on any atom is -0.503 e. The van der Waals surface area contributed by atoms with Crippen molar-refractivity contribution in [3.05, 3.63) is 40.7 Å². The summed E-state index contributed by atoms with van der Waals surface area (Å²) in [4.78, 5) is 10.9. The molecule has 0 aliphatic carbocycles. The first-order chi connectivity index (χ1) is 12.6. The molecule has 1 aliphatic rings. The molecule has 2 aromatic rings. The van der Waals surface area contributed by atoms with E-state index in [2.05, 4.69) is 0 Å². The van der Waals surface area contributed by atoms with Crippen LogP contribution >= 0.6 is 11.8 Å². The summed E-state index contributed by atoms with van der Waals surface area (Å²) >= 11 is -0.487. The first kappa shape index (κ1) is 18.8. The van der Waals surface area contributed by atoms with Crippen molar-refractivity contribution in [2.45, 2.75) is 16.6 Å². The topological polar surface area (TPSA) is 90.6 Å². The molecule has 3 rings (SSSR count). The van der Waals surface area contributed by atoms with E-state index in [1.54, 1.807) is 6.07 Å². The summed E-state index contributed by atoms with van der Waals surface area (Å²) in [6, 6.07) is 3.98. The number of carbonyl (C=O) groups excluding carboxylic acids is 1. The van der Waals surface area contributed by atoms with Crippen molar-refractivity contribution in [2.24, 2.45) is 0 Å². The van der Waals surface area contributed by atoms with Gasteiger partial charge < -0.3 is 14.9 Å². The van der Waals surface area contributed by atoms with E-state index in [4.69, 9.17) is 10.00 Å². The molecule has 11 heteroatoms. The van der Waals surface area contributed by atoms with Crippen LogP contribution < -0.4 is 4.74 Å². The van der Waals surface area contributed by atoms with Gasteiger partial charge >= 0.3 is 5.25 Å². The van der Waals surface area contributed by atoms with Gasteiger partial charge in [0, 0.05) is 6.07 Å². The number of ether oxygens (including phenoxy) is 1. The normalized spacial score (nSPS) is 14.9. The second-order valence-electron chi connectivity index (χ2n) is 5.28. The Labute approximate surface area is 151 Å². The average molecular weight is 403 g/mol. The third-order valence-electron chi connectivity index (χ3n) is 3.56. The minimum atomic E-state index is -4.12. The molecule has 0 fully saturated rings. The van der Waals surface area contributed by atoms with Gasteiger partial charge in [-0.3, -0.25) is 4.79 Å². The van der Waals surface area contributed by atoms with Crippen molar-refractivity contribution >= 4 is 17.5 Å². The molecule has 0 amide bonds. The smallest absolute Gasteiger partial charge is 0.360 e. The Bertz CT molecular complexity index is 1020. The largest absolute Gasteiger partial charge is 0.503 e. The van der Waals surface area contributed by atoms with Gasteiger partial charge in [-0.25, -0.2) is 13.2 Å². The van der Waals surface area contributed by atoms with Gasteiger partial charge in [0.1, 0.15) is 11.6 Å². The number of aromatic hydroxyl groups is 2. The van der Waals surface area contributed by atoms with E-state index in [1.807, 2.05) is 0 Å². The third-order valence-corrected chi connectivity index (χ3v) is 4.60. The van der Waals surface area contributed by atoms with Crippen LogP contribution in [0, 0.1) is 17.1 Å². The van der Waals surface area contributed by atoms with Crippen molar-refractivity contribution in [2.75, 3.05) is 0 Å². The Hall–Kier alpha value is -3.00. The zero-order chi connectivity index (χ0) is 20.1. The van der Waals surface area contributed by atoms with E-state index in [1.165, 1.54) is 0 Å². The third kappa shape index (κ3) is 3.02. The summed E-state index contributed by atoms with van der Waals surface area (Å²) in [5, 5.41) is 24.5. The molecule has 0 unspecified atom stereocenters. The molecule has 2 aromatic carbocycles. The first-order valence-corrected chi connectivity index (χ1v) is 7.78. The molecule has 0 radical (unpaired) electrons. The highest BCUT2D eigenvalue weighted by Crippen LogP contribution is 2.59. The van der Waals surface area contributed by atoms with Gasteiger partial charge in [-0.05, 0) is 23.9 Å². The lowest BCUT2D eigenvalue weighted by atomic mass is 10.0. The average Bonchev–Trinajstić information content (AvgIpc) is 2.82. The van der Waals surface area contributed by atoms with E-state index in [0.717, 1.165) is 12.1 Å². The van der Waals surface area contributed by atoms with Crippen molar-refractivity contribution < 1.29 is 41.7 Å². The van der Waals surface area contributed by atoms with Gasteiger partial charge in [-0.1, -0.05) is 0 Å². The summed E-state index contributed by atoms with van der Waals surface area (Å²) in [6.45, 7) is 0. The predicted octanol–water partition coefficient (Wildman–Crippen LogP) is 4.72. The Morgan fingerprint density at radius 3 is 2.44 bits per heavy atom. The van der Waals surface area contributed by atoms with E-state index < -0.39 is 74.1 Å². The summed E-state index contributed by atoms with van der Waals surface area (Å²) in [7, 11) is 0. The molecule has 1 aliphatic heterocycles. The molecule has 0 bridgehead atoms. The molecule has 140 valence electrons. The quantitative estimate of drug-likeness (QED) is 0.569. The van der Waals surface area contributed by atoms with Gasteiger partial charge in [0.15, 0.2) is 11.5 Å². The van der Waals surface area contributed by atoms with Crippen LogP contribution in [0.25, 0.3) is 0 Å². The molecule has 0 saturated heterocycles. The van der Waals surface area contributed by atoms with Crippen molar-refractivity contribution in [1.82, 2.24) is 0 Å². The van der Waals surface area contributed by atoms with Crippen LogP contribution in [0.3, 0.4) is 0 Å². The number of carbonyl (C=O) groups is 1. The summed E-state index contributed by atoms with van der Waals surface area (Å²) in [5.74, 6) is -7.28. The van der Waals surface area contributed by atoms with E-state index in [9.17, 15) is 37.0 Å². The van der Waals surface area contributed by atoms with Gasteiger partial charge in [0.25, 0.3) is 6.43 Å². The highest BCUT2D eigenvalue weighted by atomic mass is 32.2. The van der Waals surface area contributed by atoms with Crippen LogP contribution in [0.4, 0.5) is 22.0 Å². The second-order valence-corrected chi connectivity index (χ2v) is 6.41. The Morgan fingerprint density at radius 2 is 1.85 bits per heavy atom. The zero-order valence-electron chi connectivity index (χ0n) is 12.8. The van der Waals surface area contributed by atoms with Gasteiger partial charge in [-0.2, -0.15) is 14.0 Å². The summed E-state index contributed by atoms with van der Waals surface area (Å²) in [6.07, 6.45) is -3.55. The van der Waals surface area contributed by atoms with Crippen molar-refractivity contribution in [3.63, 3.8) is 0 Å². The lowest BCUT2D eigenvalue weighted by Crippen LogP contribution is -2.19. The number of rotatable bonds is 3. The number of alkyl halides is 4. The fourth-order valence-electron chi connectivity index (χ4n) is 2.46. The number of nitrogens with zero attached hydrogens (tertiary/aromatic N) is 1. The van der Waals surface area contributed by atoms with Gasteiger partial charge in [0.05, 0.1) is 27.7 Å². The Balaban J connectivity index is 2.25. The Morgan fingerprint density at radius 1 is 1.19 bits per heavy atom. The fourth-order valence-corrected chi connectivity index (χ4v) is 3.41. The minimum absolute atomic E-state index is 0.258. The van der Waals surface area contributed by atoms with Crippen LogP contribution in [-0.4, -0.2) is 21.3 Å². The van der Waals surface area contributed by atoms with Gasteiger partial charge in [-0.15, -0.1) is 0 Å². The van der Waals surface area contributed by atoms with Crippen LogP contribution in [0.1, 0.15) is 27.9 Å². The number of ketones is 1. The molecule has 2 N–H and O–H groups in total. The number of phenolic OH excluding ortho intramolecular Hbond substituents is 2. The number of Topliss-reactive ketones (excluding diaryl/α,β-unsaturated/α-hetero) is 1. The molecular formula is C16H6F5NO4S. The number of phenols is 2. The maximum Gasteiger partial charge on any atom is 0.360 e. The zero-order valence-corrected chi connectivity index (χ0v) is 13.6. The number of halogens is 5. The standard InChI is InChI=1S/C16H6F5NO4S/c17-6-1-5(4-22)2-7(3-6)26-12-8(15(18)19)9-13(11(24)10(12)23)27-16(20,21)14(9)25/h1-3,15,23-24H. The van der Waals surface area contributed by atoms with Gasteiger partial charge in [0.2, 0.25) is 11.5 Å². The molecule has 27 heavy (non-hydrogen) atoms. The number of hydrogen-bond acceptors (Lipinski definition) is 6. The monoisotopic (exact) mass is 403 g/mol. The molecular weight excluding hydrogens is 397 g/mol. The molecule has 1 heterocycles. The Kier molecular flexibility index (Phi) is 4.39. The predicted molar refractivity (Wildman–Crippen MR) is 81.1 cm³/mol. The number of thioether (sulfide) groups is 1. The molecule has 0 saturated carbocycles. The van der Waals surface area contributed by atoms with Crippen LogP contribution in [0.15, 0.2) is 23.1 Å². The molecule has 0 spiro atoms. The number of hydrogen-bond donors (Lipinski definition) is 2.